The van der Waals surface area contributed by atoms with Gasteiger partial charge in [-0.1, -0.05) is 92.2 Å². The lowest BCUT2D eigenvalue weighted by Gasteiger charge is -2.14. The van der Waals surface area contributed by atoms with Crippen LogP contribution >= 0.6 is 11.6 Å². The zero-order valence-electron chi connectivity index (χ0n) is 19.0. The van der Waals surface area contributed by atoms with E-state index in [9.17, 15) is 0 Å². The maximum absolute atomic E-state index is 6.57. The van der Waals surface area contributed by atoms with Gasteiger partial charge in [-0.3, -0.25) is 4.99 Å². The van der Waals surface area contributed by atoms with Crippen LogP contribution in [0.3, 0.4) is 0 Å². The summed E-state index contributed by atoms with van der Waals surface area (Å²) in [6.07, 6.45) is 19.5. The molecule has 1 unspecified atom stereocenters. The minimum absolute atomic E-state index is 0.155. The van der Waals surface area contributed by atoms with Gasteiger partial charge in [-0.15, -0.1) is 0 Å². The number of nitrogens with two attached hydrogens (primary N) is 1. The number of allylic oxidation sites excluding steroid dienone is 6. The second kappa shape index (κ2) is 12.2. The van der Waals surface area contributed by atoms with Crippen LogP contribution in [0, 0.1) is 0 Å². The zero-order valence-corrected chi connectivity index (χ0v) is 19.7. The van der Waals surface area contributed by atoms with Gasteiger partial charge < -0.3 is 5.73 Å². The summed E-state index contributed by atoms with van der Waals surface area (Å²) < 4.78 is 0. The Labute approximate surface area is 196 Å². The van der Waals surface area contributed by atoms with Gasteiger partial charge >= 0.3 is 0 Å². The third-order valence-electron chi connectivity index (χ3n) is 5.48. The van der Waals surface area contributed by atoms with Crippen molar-refractivity contribution < 1.29 is 0 Å². The number of fused-ring (bicyclic) bond motifs is 1. The second-order valence-corrected chi connectivity index (χ2v) is 8.20. The number of hydrogen-bond donors (Lipinski definition) is 1. The molecule has 0 saturated carbocycles. The van der Waals surface area contributed by atoms with Crippen LogP contribution in [0.25, 0.3) is 10.8 Å². The Kier molecular flexibility index (Phi) is 9.06. The van der Waals surface area contributed by atoms with Crippen LogP contribution in [-0.4, -0.2) is 17.7 Å². The normalized spacial score (nSPS) is 19.3. The summed E-state index contributed by atoms with van der Waals surface area (Å²) in [6, 6.07) is 12.0. The van der Waals surface area contributed by atoms with Crippen LogP contribution in [0.4, 0.5) is 0 Å². The molecule has 1 atom stereocenters. The number of amidine groups is 2. The first-order valence-corrected chi connectivity index (χ1v) is 11.8. The fraction of sp³-hybridized carbons (Fsp3) is 0.286. The van der Waals surface area contributed by atoms with E-state index in [-0.39, 0.29) is 6.04 Å². The highest BCUT2D eigenvalue weighted by molar-refractivity contribution is 6.36. The fourth-order valence-corrected chi connectivity index (χ4v) is 4.03. The minimum Gasteiger partial charge on any atom is -0.383 e. The highest BCUT2D eigenvalue weighted by Gasteiger charge is 2.13. The molecule has 0 aromatic heterocycles. The van der Waals surface area contributed by atoms with Crippen molar-refractivity contribution in [3.05, 3.63) is 95.1 Å². The minimum atomic E-state index is 0.155. The van der Waals surface area contributed by atoms with Crippen molar-refractivity contribution in [2.24, 2.45) is 15.7 Å². The van der Waals surface area contributed by atoms with E-state index in [0.717, 1.165) is 59.8 Å². The molecule has 3 rings (SSSR count). The number of halogens is 1. The summed E-state index contributed by atoms with van der Waals surface area (Å²) in [5.41, 5.74) is 8.58. The Bertz CT molecular complexity index is 1100. The van der Waals surface area contributed by atoms with Gasteiger partial charge in [0.1, 0.15) is 5.84 Å². The molecule has 1 aliphatic rings. The summed E-state index contributed by atoms with van der Waals surface area (Å²) in [5, 5.41) is 2.68. The number of rotatable bonds is 5. The van der Waals surface area contributed by atoms with Gasteiger partial charge in [0.15, 0.2) is 5.84 Å². The average Bonchev–Trinajstić information content (AvgIpc) is 2.81. The summed E-state index contributed by atoms with van der Waals surface area (Å²) in [6.45, 7) is 4.28. The highest BCUT2D eigenvalue weighted by atomic mass is 35.5. The SMILES string of the molecule is CC/C=C(\CC)C(=NC1C/C=C\C=CC=CCC1)N=C(N)c1ccc(Cl)c2ccccc12. The third kappa shape index (κ3) is 6.30. The van der Waals surface area contributed by atoms with E-state index < -0.39 is 0 Å². The van der Waals surface area contributed by atoms with E-state index in [1.807, 2.05) is 36.4 Å². The zero-order chi connectivity index (χ0) is 22.8. The van der Waals surface area contributed by atoms with Crippen molar-refractivity contribution in [3.63, 3.8) is 0 Å². The maximum atomic E-state index is 6.57. The Morgan fingerprint density at radius 1 is 1.03 bits per heavy atom. The predicted octanol–water partition coefficient (Wildman–Crippen LogP) is 7.56. The average molecular weight is 446 g/mol. The molecule has 0 saturated heterocycles. The lowest BCUT2D eigenvalue weighted by atomic mass is 10.0. The van der Waals surface area contributed by atoms with Crippen molar-refractivity contribution in [2.45, 2.75) is 52.0 Å². The van der Waals surface area contributed by atoms with E-state index in [1.54, 1.807) is 0 Å². The van der Waals surface area contributed by atoms with E-state index in [4.69, 9.17) is 27.3 Å². The largest absolute Gasteiger partial charge is 0.383 e. The van der Waals surface area contributed by atoms with Crippen LogP contribution in [0.2, 0.25) is 5.02 Å². The van der Waals surface area contributed by atoms with Crippen molar-refractivity contribution in [3.8, 4) is 0 Å². The van der Waals surface area contributed by atoms with Gasteiger partial charge in [0, 0.05) is 16.0 Å². The predicted molar refractivity (Wildman–Crippen MR) is 141 cm³/mol. The van der Waals surface area contributed by atoms with Crippen LogP contribution < -0.4 is 5.73 Å². The van der Waals surface area contributed by atoms with Gasteiger partial charge in [-0.05, 0) is 55.2 Å². The topological polar surface area (TPSA) is 50.7 Å². The number of benzene rings is 2. The van der Waals surface area contributed by atoms with Gasteiger partial charge in [0.05, 0.1) is 6.04 Å². The molecule has 0 amide bonds. The van der Waals surface area contributed by atoms with Crippen molar-refractivity contribution in [1.82, 2.24) is 0 Å². The Hall–Kier alpha value is -2.91. The molecular weight excluding hydrogens is 414 g/mol. The van der Waals surface area contributed by atoms with Gasteiger partial charge in [-0.25, -0.2) is 4.99 Å². The molecule has 4 heteroatoms. The van der Waals surface area contributed by atoms with Gasteiger partial charge in [0.25, 0.3) is 0 Å². The summed E-state index contributed by atoms with van der Waals surface area (Å²) in [7, 11) is 0. The standard InChI is InChI=1S/C28H32ClN3/c1-3-14-21(4-2)28(31-22-15-10-8-6-5-7-9-11-16-22)32-27(30)25-19-20-26(29)24-18-13-12-17-23(24)25/h5-10,12-14,17-20,22H,3-4,11,15-16H2,1-2H3,(H2,30,31,32)/b6-5?,9-7?,10-8-,21-14+. The van der Waals surface area contributed by atoms with E-state index >= 15 is 0 Å². The number of hydrogen-bond acceptors (Lipinski definition) is 1. The quantitative estimate of drug-likeness (QED) is 0.374. The lowest BCUT2D eigenvalue weighted by molar-refractivity contribution is 0.630. The summed E-state index contributed by atoms with van der Waals surface area (Å²) in [5.74, 6) is 1.20. The van der Waals surface area contributed by atoms with E-state index in [1.165, 1.54) is 0 Å². The van der Waals surface area contributed by atoms with E-state index in [2.05, 4.69) is 56.4 Å². The van der Waals surface area contributed by atoms with Crippen LogP contribution in [0.15, 0.2) is 94.5 Å². The van der Waals surface area contributed by atoms with Crippen molar-refractivity contribution in [2.75, 3.05) is 0 Å². The van der Waals surface area contributed by atoms with Crippen molar-refractivity contribution >= 4 is 34.0 Å². The molecule has 0 fully saturated rings. The van der Waals surface area contributed by atoms with Crippen LogP contribution in [0.5, 0.6) is 0 Å². The summed E-state index contributed by atoms with van der Waals surface area (Å²) >= 11 is 6.41. The molecule has 166 valence electrons. The molecule has 3 nitrogen and oxygen atoms in total. The Morgan fingerprint density at radius 3 is 2.53 bits per heavy atom. The number of nitrogens with zero attached hydrogens (tertiary/aromatic N) is 2. The molecule has 0 spiro atoms. The maximum Gasteiger partial charge on any atom is 0.152 e. The molecule has 0 radical (unpaired) electrons. The van der Waals surface area contributed by atoms with Crippen LogP contribution in [0.1, 0.15) is 51.5 Å². The Morgan fingerprint density at radius 2 is 1.78 bits per heavy atom. The van der Waals surface area contributed by atoms with Crippen molar-refractivity contribution in [1.29, 1.82) is 0 Å². The Balaban J connectivity index is 2.05. The second-order valence-electron chi connectivity index (χ2n) is 7.79. The monoisotopic (exact) mass is 445 g/mol. The molecule has 32 heavy (non-hydrogen) atoms. The molecule has 1 aliphatic carbocycles. The fourth-order valence-electron chi connectivity index (χ4n) is 3.80. The van der Waals surface area contributed by atoms with Gasteiger partial charge in [-0.2, -0.15) is 0 Å². The molecule has 0 heterocycles. The first kappa shape index (κ1) is 23.7. The van der Waals surface area contributed by atoms with Gasteiger partial charge in [0.2, 0.25) is 0 Å². The van der Waals surface area contributed by atoms with E-state index in [0.29, 0.717) is 10.9 Å². The number of aliphatic imine (C=N–C) groups is 2. The smallest absolute Gasteiger partial charge is 0.152 e. The first-order chi connectivity index (χ1) is 15.6. The lowest BCUT2D eigenvalue weighted by Crippen LogP contribution is -2.18. The molecule has 2 aromatic rings. The molecule has 0 aliphatic heterocycles. The molecular formula is C28H32ClN3. The molecule has 2 N–H and O–H groups in total. The molecule has 2 aromatic carbocycles. The summed E-state index contributed by atoms with van der Waals surface area (Å²) in [4.78, 5) is 9.99. The van der Waals surface area contributed by atoms with Crippen LogP contribution in [-0.2, 0) is 0 Å². The third-order valence-corrected chi connectivity index (χ3v) is 5.81. The first-order valence-electron chi connectivity index (χ1n) is 11.4. The highest BCUT2D eigenvalue weighted by Crippen LogP contribution is 2.26. The molecule has 0 bridgehead atoms.